The molecule has 0 spiro atoms. The molecular formula is C33H31Cl2N5O2. The van der Waals surface area contributed by atoms with Crippen molar-refractivity contribution >= 4 is 34.7 Å². The minimum atomic E-state index is 0.487. The largest absolute Gasteiger partial charge is 0.477 e. The summed E-state index contributed by atoms with van der Waals surface area (Å²) in [7, 11) is 0. The molecule has 2 aliphatic heterocycles. The molecule has 0 bridgehead atoms. The Hall–Kier alpha value is -3.94. The van der Waals surface area contributed by atoms with E-state index in [4.69, 9.17) is 42.6 Å². The number of nitrogens with zero attached hydrogens (tertiary/aromatic N) is 4. The minimum Gasteiger partial charge on any atom is -0.477 e. The maximum Gasteiger partial charge on any atom is 0.225 e. The summed E-state index contributed by atoms with van der Waals surface area (Å²) in [5.74, 6) is 1.90. The lowest BCUT2D eigenvalue weighted by Gasteiger charge is -2.16. The highest BCUT2D eigenvalue weighted by Gasteiger charge is 2.21. The molecule has 2 aromatic heterocycles. The summed E-state index contributed by atoms with van der Waals surface area (Å²) in [6.45, 7) is 7.27. The Morgan fingerprint density at radius 3 is 1.76 bits per heavy atom. The fourth-order valence-corrected chi connectivity index (χ4v) is 5.94. The van der Waals surface area contributed by atoms with E-state index in [1.165, 1.54) is 0 Å². The van der Waals surface area contributed by atoms with Crippen molar-refractivity contribution in [2.75, 3.05) is 32.8 Å². The van der Waals surface area contributed by atoms with Crippen LogP contribution < -0.4 is 14.8 Å². The van der Waals surface area contributed by atoms with Crippen molar-refractivity contribution < 1.29 is 9.47 Å². The average Bonchev–Trinajstić information content (AvgIpc) is 3.74. The molecule has 2 aliphatic rings. The Morgan fingerprint density at radius 2 is 1.24 bits per heavy atom. The van der Waals surface area contributed by atoms with Gasteiger partial charge in [-0.15, -0.1) is 0 Å². The Bertz CT molecular complexity index is 1580. The summed E-state index contributed by atoms with van der Waals surface area (Å²) in [4.78, 5) is 18.9. The number of pyridine rings is 2. The van der Waals surface area contributed by atoms with Gasteiger partial charge in [-0.05, 0) is 51.0 Å². The van der Waals surface area contributed by atoms with Crippen molar-refractivity contribution in [3.63, 3.8) is 0 Å². The predicted molar refractivity (Wildman–Crippen MR) is 171 cm³/mol. The van der Waals surface area contributed by atoms with Gasteiger partial charge in [0.2, 0.25) is 11.8 Å². The highest BCUT2D eigenvalue weighted by Crippen LogP contribution is 2.42. The molecule has 4 aromatic rings. The van der Waals surface area contributed by atoms with Gasteiger partial charge in [-0.3, -0.25) is 9.98 Å². The third kappa shape index (κ3) is 5.46. The summed E-state index contributed by atoms with van der Waals surface area (Å²) in [5.41, 5.74) is 7.43. The quantitative estimate of drug-likeness (QED) is 0.215. The van der Waals surface area contributed by atoms with Gasteiger partial charge in [0.25, 0.3) is 0 Å². The monoisotopic (exact) mass is 599 g/mol. The van der Waals surface area contributed by atoms with Crippen LogP contribution in [-0.4, -0.2) is 54.4 Å². The number of amidine groups is 1. The number of ether oxygens (including phenoxy) is 2. The Kier molecular flexibility index (Phi) is 8.40. The maximum atomic E-state index is 7.09. The van der Waals surface area contributed by atoms with Crippen LogP contribution >= 0.6 is 23.2 Å². The number of benzene rings is 2. The minimum absolute atomic E-state index is 0.487. The molecular weight excluding hydrogens is 569 g/mol. The summed E-state index contributed by atoms with van der Waals surface area (Å²) in [5, 5.41) is 4.40. The van der Waals surface area contributed by atoms with Crippen molar-refractivity contribution in [1.29, 1.82) is 0 Å². The third-order valence-corrected chi connectivity index (χ3v) is 8.05. The molecule has 0 saturated heterocycles. The lowest BCUT2D eigenvalue weighted by Crippen LogP contribution is -2.20. The van der Waals surface area contributed by atoms with Gasteiger partial charge < -0.3 is 14.8 Å². The van der Waals surface area contributed by atoms with Crippen LogP contribution in [0.5, 0.6) is 11.8 Å². The van der Waals surface area contributed by atoms with E-state index in [0.29, 0.717) is 40.7 Å². The van der Waals surface area contributed by atoms with Crippen molar-refractivity contribution in [2.45, 2.75) is 26.7 Å². The second-order valence-corrected chi connectivity index (χ2v) is 10.6. The summed E-state index contributed by atoms with van der Waals surface area (Å²) >= 11 is 14.2. The van der Waals surface area contributed by atoms with E-state index in [-0.39, 0.29) is 0 Å². The molecule has 9 heteroatoms. The lowest BCUT2D eigenvalue weighted by atomic mass is 9.97. The van der Waals surface area contributed by atoms with Gasteiger partial charge in [0, 0.05) is 41.1 Å². The van der Waals surface area contributed by atoms with E-state index in [2.05, 4.69) is 15.3 Å². The number of aliphatic imine (C=N–C) groups is 2. The molecule has 0 radical (unpaired) electrons. The zero-order chi connectivity index (χ0) is 29.1. The van der Waals surface area contributed by atoms with Gasteiger partial charge in [-0.25, -0.2) is 9.97 Å². The topological polar surface area (TPSA) is 81.0 Å². The normalized spacial score (nSPS) is 14.4. The first-order valence-electron chi connectivity index (χ1n) is 14.3. The molecule has 214 valence electrons. The van der Waals surface area contributed by atoms with Crippen molar-refractivity contribution in [3.8, 4) is 45.4 Å². The Morgan fingerprint density at radius 1 is 0.667 bits per heavy atom. The fraction of sp³-hybridized carbons (Fsp3) is 0.273. The molecule has 1 N–H and O–H groups in total. The molecule has 0 saturated carbocycles. The first-order valence-corrected chi connectivity index (χ1v) is 15.0. The number of hydrogen-bond donors (Lipinski definition) is 1. The Labute approximate surface area is 255 Å². The summed E-state index contributed by atoms with van der Waals surface area (Å²) in [6.07, 6.45) is 1.98. The van der Waals surface area contributed by atoms with Crippen LogP contribution in [0.4, 0.5) is 0 Å². The summed E-state index contributed by atoms with van der Waals surface area (Å²) < 4.78 is 11.8. The molecule has 0 fully saturated rings. The number of rotatable bonds is 9. The molecule has 4 heterocycles. The van der Waals surface area contributed by atoms with Gasteiger partial charge in [0.15, 0.2) is 0 Å². The molecule has 0 atom stereocenters. The number of aromatic nitrogens is 2. The molecule has 7 nitrogen and oxygen atoms in total. The number of hydrogen-bond acceptors (Lipinski definition) is 7. The second kappa shape index (κ2) is 12.5. The van der Waals surface area contributed by atoms with Crippen LogP contribution in [0.3, 0.4) is 0 Å². The van der Waals surface area contributed by atoms with Crippen LogP contribution in [0.25, 0.3) is 33.6 Å². The van der Waals surface area contributed by atoms with Gasteiger partial charge >= 0.3 is 0 Å². The highest BCUT2D eigenvalue weighted by molar-refractivity contribution is 6.39. The molecule has 42 heavy (non-hydrogen) atoms. The van der Waals surface area contributed by atoms with Gasteiger partial charge in [-0.2, -0.15) is 0 Å². The third-order valence-electron chi connectivity index (χ3n) is 7.24. The smallest absolute Gasteiger partial charge is 0.225 e. The van der Waals surface area contributed by atoms with E-state index < -0.39 is 0 Å². The zero-order valence-corrected chi connectivity index (χ0v) is 25.1. The highest BCUT2D eigenvalue weighted by atomic mass is 35.5. The molecule has 6 rings (SSSR count). The van der Waals surface area contributed by atoms with Crippen molar-refractivity contribution in [2.24, 2.45) is 9.98 Å². The molecule has 0 amide bonds. The first kappa shape index (κ1) is 28.2. The van der Waals surface area contributed by atoms with Gasteiger partial charge in [-0.1, -0.05) is 59.6 Å². The van der Waals surface area contributed by atoms with Gasteiger partial charge in [0.1, 0.15) is 5.84 Å². The fourth-order valence-electron chi connectivity index (χ4n) is 5.29. The van der Waals surface area contributed by atoms with Crippen LogP contribution in [-0.2, 0) is 0 Å². The standard InChI is InChI=1S/C33H31Cl2N5O2/c1-3-41-32-24(26-12-7-17-36-26)13-15-27(39-32)22-10-5-8-20(29(22)34)21-9-6-11-23(30(21)35)28-16-14-25(31-37-18-19-38-31)33(40-28)42-4-2/h5-6,8-11,13-16H,3-4,7,12,17-19H2,1-2H3,(H,37,38). The second-order valence-electron chi connectivity index (χ2n) is 9.89. The molecule has 2 aromatic carbocycles. The van der Waals surface area contributed by atoms with E-state index in [0.717, 1.165) is 83.1 Å². The maximum absolute atomic E-state index is 7.09. The van der Waals surface area contributed by atoms with E-state index in [1.54, 1.807) is 0 Å². The SMILES string of the molecule is CCOc1nc(-c2cccc(-c3cccc(-c4ccc(C5=NCCN5)c(OCC)n4)c3Cl)c2Cl)ccc1C1=NCCC1. The van der Waals surface area contributed by atoms with Crippen LogP contribution in [0.15, 0.2) is 70.6 Å². The van der Waals surface area contributed by atoms with Crippen molar-refractivity contribution in [3.05, 3.63) is 81.8 Å². The number of nitrogens with one attached hydrogen (secondary N) is 1. The number of halogens is 2. The van der Waals surface area contributed by atoms with E-state index in [9.17, 15) is 0 Å². The van der Waals surface area contributed by atoms with Crippen LogP contribution in [0, 0.1) is 0 Å². The lowest BCUT2D eigenvalue weighted by molar-refractivity contribution is 0.326. The summed E-state index contributed by atoms with van der Waals surface area (Å²) in [6, 6.07) is 19.7. The van der Waals surface area contributed by atoms with E-state index in [1.807, 2.05) is 74.5 Å². The van der Waals surface area contributed by atoms with Crippen molar-refractivity contribution in [1.82, 2.24) is 15.3 Å². The Balaban J connectivity index is 1.39. The first-order chi connectivity index (χ1) is 20.6. The molecule has 0 aliphatic carbocycles. The van der Waals surface area contributed by atoms with Crippen LogP contribution in [0.1, 0.15) is 37.8 Å². The molecule has 0 unspecified atom stereocenters. The zero-order valence-electron chi connectivity index (χ0n) is 23.6. The average molecular weight is 601 g/mol. The van der Waals surface area contributed by atoms with E-state index >= 15 is 0 Å². The predicted octanol–water partition coefficient (Wildman–Crippen LogP) is 7.51. The van der Waals surface area contributed by atoms with Gasteiger partial charge in [0.05, 0.1) is 52.3 Å². The van der Waals surface area contributed by atoms with Crippen LogP contribution in [0.2, 0.25) is 10.0 Å².